The molecule has 4 nitrogen and oxygen atoms in total. The molecule has 1 heterocycles. The van der Waals surface area contributed by atoms with E-state index in [1.165, 1.54) is 29.1 Å². The van der Waals surface area contributed by atoms with Crippen molar-refractivity contribution in [1.82, 2.24) is 9.55 Å². The summed E-state index contributed by atoms with van der Waals surface area (Å²) in [6.07, 6.45) is 1.47. The lowest BCUT2D eigenvalue weighted by atomic mass is 10.2. The van der Waals surface area contributed by atoms with Gasteiger partial charge in [0.1, 0.15) is 12.1 Å². The highest BCUT2D eigenvalue weighted by Gasteiger charge is 2.12. The Balaban J connectivity index is 2.28. The summed E-state index contributed by atoms with van der Waals surface area (Å²) in [5, 5.41) is 9.03. The molecule has 0 saturated carbocycles. The molecule has 0 spiro atoms. The Morgan fingerprint density at radius 1 is 1.25 bits per heavy atom. The Morgan fingerprint density at radius 3 is 2.80 bits per heavy atom. The van der Waals surface area contributed by atoms with Crippen LogP contribution in [0.2, 0.25) is 0 Å². The van der Waals surface area contributed by atoms with Crippen molar-refractivity contribution in [2.75, 3.05) is 0 Å². The number of fused-ring (bicyclic) bond motifs is 1. The third kappa shape index (κ3) is 2.08. The van der Waals surface area contributed by atoms with Crippen LogP contribution in [0.25, 0.3) is 16.7 Å². The maximum atomic E-state index is 13.9. The molecule has 1 N–H and O–H groups in total. The van der Waals surface area contributed by atoms with Crippen molar-refractivity contribution in [2.45, 2.75) is 0 Å². The van der Waals surface area contributed by atoms with Gasteiger partial charge in [-0.2, -0.15) is 0 Å². The fourth-order valence-electron chi connectivity index (χ4n) is 2.00. The number of aromatic nitrogens is 2. The number of benzene rings is 2. The van der Waals surface area contributed by atoms with Crippen LogP contribution in [0.1, 0.15) is 10.4 Å². The standard InChI is InChI=1S/C14H8BrFN2O2/c15-9-2-3-10(16)12(6-9)18-7-17-11-4-1-8(14(19)20)5-13(11)18/h1-7H,(H,19,20). The summed E-state index contributed by atoms with van der Waals surface area (Å²) < 4.78 is 16.2. The highest BCUT2D eigenvalue weighted by atomic mass is 79.9. The Bertz CT molecular complexity index is 829. The van der Waals surface area contributed by atoms with E-state index >= 15 is 0 Å². The molecule has 0 atom stereocenters. The number of aromatic carboxylic acids is 1. The van der Waals surface area contributed by atoms with Gasteiger partial charge < -0.3 is 5.11 Å². The van der Waals surface area contributed by atoms with Gasteiger partial charge in [0.25, 0.3) is 0 Å². The number of hydrogen-bond donors (Lipinski definition) is 1. The van der Waals surface area contributed by atoms with E-state index in [0.29, 0.717) is 16.7 Å². The molecule has 3 rings (SSSR count). The molecule has 1 aromatic heterocycles. The van der Waals surface area contributed by atoms with Crippen LogP contribution in [-0.4, -0.2) is 20.6 Å². The number of carboxylic acid groups (broad SMARTS) is 1. The second kappa shape index (κ2) is 4.72. The lowest BCUT2D eigenvalue weighted by molar-refractivity contribution is 0.0697. The van der Waals surface area contributed by atoms with Crippen LogP contribution in [0.3, 0.4) is 0 Å². The van der Waals surface area contributed by atoms with Crippen LogP contribution in [0.5, 0.6) is 0 Å². The van der Waals surface area contributed by atoms with E-state index in [1.807, 2.05) is 0 Å². The number of carbonyl (C=O) groups is 1. The summed E-state index contributed by atoms with van der Waals surface area (Å²) in [5.41, 5.74) is 1.59. The summed E-state index contributed by atoms with van der Waals surface area (Å²) in [4.78, 5) is 15.2. The molecule has 0 aliphatic rings. The van der Waals surface area contributed by atoms with Gasteiger partial charge in [-0.25, -0.2) is 14.2 Å². The van der Waals surface area contributed by atoms with Crippen molar-refractivity contribution in [3.05, 3.63) is 58.6 Å². The van der Waals surface area contributed by atoms with Crippen molar-refractivity contribution in [3.63, 3.8) is 0 Å². The molecule has 0 aliphatic carbocycles. The molecular formula is C14H8BrFN2O2. The number of hydrogen-bond acceptors (Lipinski definition) is 2. The van der Waals surface area contributed by atoms with Crippen LogP contribution in [-0.2, 0) is 0 Å². The molecule has 3 aromatic rings. The second-order valence-electron chi connectivity index (χ2n) is 4.22. The number of rotatable bonds is 2. The second-order valence-corrected chi connectivity index (χ2v) is 5.13. The molecule has 0 radical (unpaired) electrons. The van der Waals surface area contributed by atoms with Crippen molar-refractivity contribution in [3.8, 4) is 5.69 Å². The summed E-state index contributed by atoms with van der Waals surface area (Å²) in [6, 6.07) is 9.10. The van der Waals surface area contributed by atoms with Crippen LogP contribution in [0.15, 0.2) is 47.2 Å². The third-order valence-electron chi connectivity index (χ3n) is 2.96. The normalized spacial score (nSPS) is 10.9. The minimum atomic E-state index is -1.03. The number of nitrogens with zero attached hydrogens (tertiary/aromatic N) is 2. The van der Waals surface area contributed by atoms with Crippen LogP contribution in [0, 0.1) is 5.82 Å². The molecule has 0 aliphatic heterocycles. The molecule has 2 aromatic carbocycles. The highest BCUT2D eigenvalue weighted by molar-refractivity contribution is 9.10. The fraction of sp³-hybridized carbons (Fsp3) is 0. The number of imidazole rings is 1. The zero-order valence-corrected chi connectivity index (χ0v) is 11.6. The number of carboxylic acids is 1. The zero-order valence-electron chi connectivity index (χ0n) is 10.0. The Kier molecular flexibility index (Phi) is 3.02. The molecule has 0 unspecified atom stereocenters. The summed E-state index contributed by atoms with van der Waals surface area (Å²) >= 11 is 3.29. The molecule has 0 fully saturated rings. The maximum absolute atomic E-state index is 13.9. The van der Waals surface area contributed by atoms with Crippen molar-refractivity contribution >= 4 is 32.9 Å². The van der Waals surface area contributed by atoms with Gasteiger partial charge in [-0.15, -0.1) is 0 Å². The first kappa shape index (κ1) is 12.8. The molecular weight excluding hydrogens is 327 g/mol. The quantitative estimate of drug-likeness (QED) is 0.778. The van der Waals surface area contributed by atoms with Crippen molar-refractivity contribution < 1.29 is 14.3 Å². The van der Waals surface area contributed by atoms with Crippen LogP contribution >= 0.6 is 15.9 Å². The first-order valence-electron chi connectivity index (χ1n) is 5.72. The topological polar surface area (TPSA) is 55.1 Å². The fourth-order valence-corrected chi connectivity index (χ4v) is 2.35. The lowest BCUT2D eigenvalue weighted by Gasteiger charge is -2.07. The van der Waals surface area contributed by atoms with Gasteiger partial charge in [-0.3, -0.25) is 4.57 Å². The van der Waals surface area contributed by atoms with Gasteiger partial charge in [0.05, 0.1) is 22.3 Å². The number of halogens is 2. The third-order valence-corrected chi connectivity index (χ3v) is 3.46. The maximum Gasteiger partial charge on any atom is 0.335 e. The monoisotopic (exact) mass is 334 g/mol. The van der Waals surface area contributed by atoms with Gasteiger partial charge in [-0.05, 0) is 36.4 Å². The predicted octanol–water partition coefficient (Wildman–Crippen LogP) is 3.63. The SMILES string of the molecule is O=C(O)c1ccc2ncn(-c3cc(Br)ccc3F)c2c1. The molecule has 100 valence electrons. The molecule has 0 amide bonds. The van der Waals surface area contributed by atoms with E-state index in [9.17, 15) is 9.18 Å². The Morgan fingerprint density at radius 2 is 2.05 bits per heavy atom. The minimum absolute atomic E-state index is 0.134. The van der Waals surface area contributed by atoms with E-state index in [0.717, 1.165) is 4.47 Å². The van der Waals surface area contributed by atoms with E-state index in [4.69, 9.17) is 5.11 Å². The predicted molar refractivity (Wildman–Crippen MR) is 75.7 cm³/mol. The lowest BCUT2D eigenvalue weighted by Crippen LogP contribution is -1.99. The van der Waals surface area contributed by atoms with Crippen molar-refractivity contribution in [1.29, 1.82) is 0 Å². The minimum Gasteiger partial charge on any atom is -0.478 e. The van der Waals surface area contributed by atoms with Gasteiger partial charge in [0, 0.05) is 4.47 Å². The van der Waals surface area contributed by atoms with Gasteiger partial charge >= 0.3 is 5.97 Å². The first-order valence-corrected chi connectivity index (χ1v) is 6.51. The van der Waals surface area contributed by atoms with Gasteiger partial charge in [0.15, 0.2) is 0 Å². The molecule has 0 bridgehead atoms. The average Bonchev–Trinajstić information content (AvgIpc) is 2.84. The van der Waals surface area contributed by atoms with Crippen LogP contribution < -0.4 is 0 Å². The zero-order chi connectivity index (χ0) is 14.3. The molecule has 0 saturated heterocycles. The molecule has 20 heavy (non-hydrogen) atoms. The van der Waals surface area contributed by atoms with Gasteiger partial charge in [-0.1, -0.05) is 15.9 Å². The Hall–Kier alpha value is -2.21. The summed E-state index contributed by atoms with van der Waals surface area (Å²) in [5.74, 6) is -1.44. The average molecular weight is 335 g/mol. The smallest absolute Gasteiger partial charge is 0.335 e. The van der Waals surface area contributed by atoms with Crippen LogP contribution in [0.4, 0.5) is 4.39 Å². The highest BCUT2D eigenvalue weighted by Crippen LogP contribution is 2.24. The van der Waals surface area contributed by atoms with Crippen molar-refractivity contribution in [2.24, 2.45) is 0 Å². The van der Waals surface area contributed by atoms with E-state index in [1.54, 1.807) is 18.2 Å². The summed E-state index contributed by atoms with van der Waals surface area (Å²) in [6.45, 7) is 0. The Labute approximate surface area is 121 Å². The molecule has 6 heteroatoms. The van der Waals surface area contributed by atoms with Gasteiger partial charge in [0.2, 0.25) is 0 Å². The largest absolute Gasteiger partial charge is 0.478 e. The van der Waals surface area contributed by atoms with E-state index in [-0.39, 0.29) is 5.56 Å². The van der Waals surface area contributed by atoms with E-state index in [2.05, 4.69) is 20.9 Å². The first-order chi connectivity index (χ1) is 9.56. The summed E-state index contributed by atoms with van der Waals surface area (Å²) in [7, 11) is 0. The van der Waals surface area contributed by atoms with E-state index < -0.39 is 11.8 Å².